The third-order valence-corrected chi connectivity index (χ3v) is 14.2. The molecule has 1 rings (SSSR count). The van der Waals surface area contributed by atoms with Crippen molar-refractivity contribution in [3.63, 3.8) is 0 Å². The molecule has 8 atom stereocenters. The Hall–Kier alpha value is -8.91. The number of aliphatic carboxylic acids is 6. The van der Waals surface area contributed by atoms with Gasteiger partial charge in [0.2, 0.25) is 0 Å². The molecular weight excluding hydrogens is 1260 g/mol. The lowest BCUT2D eigenvalue weighted by molar-refractivity contribution is -0.178. The van der Waals surface area contributed by atoms with Crippen molar-refractivity contribution >= 4 is 89.4 Å². The summed E-state index contributed by atoms with van der Waals surface area (Å²) in [6.45, 7) is 17.6. The highest BCUT2D eigenvalue weighted by molar-refractivity contribution is 5.93. The van der Waals surface area contributed by atoms with Gasteiger partial charge >= 0.3 is 83.6 Å². The van der Waals surface area contributed by atoms with Crippen LogP contribution in [0.15, 0.2) is 49.6 Å². The number of ketones is 1. The van der Waals surface area contributed by atoms with Crippen molar-refractivity contribution < 1.29 is 156 Å². The van der Waals surface area contributed by atoms with Crippen LogP contribution in [0.4, 0.5) is 0 Å². The van der Waals surface area contributed by atoms with E-state index in [1.54, 1.807) is 6.92 Å². The fraction of sp³-hybridized carbons (Fsp3) is 0.629. The van der Waals surface area contributed by atoms with Crippen molar-refractivity contribution in [3.8, 4) is 0 Å². The van der Waals surface area contributed by atoms with E-state index in [4.69, 9.17) is 39.0 Å². The van der Waals surface area contributed by atoms with Crippen LogP contribution in [0.25, 0.3) is 0 Å². The van der Waals surface area contributed by atoms with Gasteiger partial charge in [0.25, 0.3) is 0 Å². The van der Waals surface area contributed by atoms with Gasteiger partial charge in [0.15, 0.2) is 0 Å². The minimum atomic E-state index is -2.45. The minimum absolute atomic E-state index is 0. The van der Waals surface area contributed by atoms with E-state index >= 15 is 0 Å². The molecule has 0 amide bonds. The molecule has 0 radical (unpaired) electrons. The van der Waals surface area contributed by atoms with E-state index in [1.807, 2.05) is 0 Å². The molecule has 0 aromatic carbocycles. The van der Waals surface area contributed by atoms with Crippen LogP contribution in [0.2, 0.25) is 0 Å². The van der Waals surface area contributed by atoms with Crippen molar-refractivity contribution in [1.82, 2.24) is 0 Å². The van der Waals surface area contributed by atoms with E-state index in [0.717, 1.165) is 19.1 Å². The molecule has 1 fully saturated rings. The molecule has 1 aliphatic rings. The number of Topliss-reactive ketones (excluding diaryl/α,β-unsaturated/α-hetero) is 1. The van der Waals surface area contributed by atoms with Gasteiger partial charge in [-0.05, 0) is 58.8 Å². The number of carbonyl (C=O) groups excluding carboxylic acids is 9. The standard InChI is InChI=1S/C41H62O21.C8H10O4.C6H10O3.C5H6O4.2CH4/c1-7-25-18-40(35(53)54,20-29(45)46)22-38(5,37(57)62-13-12-43)24(4)31(49)58-14-17-61-34(52)27(9-3)39(6,28(44)10-11-42)23-41(36(55)56,21-30(47)48)19-26(8-2)33(51)60-16-15-59-32(25)50;1-3-7(9)11-5-6-12-8(10)4-2;1-5(2)6(8)9-4-3-7;1-3(5(8)9)2-4(6)7;;/h24-27,42-43H,7-23H2,1-6H3,(H,45,46)(H,47,48)(H,53,54)(H,55,56);3-4H,1-2,5-6H2;7H,1,3-4H2,2H3;1-2H2,(H,6,7)(H,8,9);2*1H4. The third-order valence-electron chi connectivity index (χ3n) is 14.2. The molecule has 94 heavy (non-hydrogen) atoms. The van der Waals surface area contributed by atoms with Gasteiger partial charge in [0, 0.05) is 41.7 Å². The first-order chi connectivity index (χ1) is 42.8. The van der Waals surface area contributed by atoms with E-state index < -0.39 is 232 Å². The monoisotopic (exact) mass is 1350 g/mol. The molecule has 1 saturated heterocycles. The molecule has 8 unspecified atom stereocenters. The number of carboxylic acids is 6. The van der Waals surface area contributed by atoms with Gasteiger partial charge in [-0.1, -0.05) is 75.8 Å². The number of aliphatic hydroxyl groups is 3. The summed E-state index contributed by atoms with van der Waals surface area (Å²) in [4.78, 5) is 183. The highest BCUT2D eigenvalue weighted by Gasteiger charge is 2.57. The Balaban J connectivity index is -0.000000670. The Morgan fingerprint density at radius 1 is 0.543 bits per heavy atom. The summed E-state index contributed by atoms with van der Waals surface area (Å²) in [7, 11) is 0. The van der Waals surface area contributed by atoms with E-state index in [1.165, 1.54) is 34.6 Å². The normalized spacial score (nSPS) is 22.7. The minimum Gasteiger partial charge on any atom is -0.481 e. The maximum atomic E-state index is 13.8. The van der Waals surface area contributed by atoms with E-state index in [2.05, 4.69) is 40.5 Å². The van der Waals surface area contributed by atoms with Crippen LogP contribution in [-0.4, -0.2) is 208 Å². The van der Waals surface area contributed by atoms with E-state index in [-0.39, 0.29) is 66.1 Å². The zero-order valence-electron chi connectivity index (χ0n) is 52.8. The van der Waals surface area contributed by atoms with Gasteiger partial charge in [-0.25, -0.2) is 19.2 Å². The number of rotatable bonds is 26. The first kappa shape index (κ1) is 93.8. The number of carbonyl (C=O) groups is 15. The second-order valence-corrected chi connectivity index (χ2v) is 21.1. The summed E-state index contributed by atoms with van der Waals surface area (Å²) < 4.78 is 39.9. The lowest BCUT2D eigenvalue weighted by atomic mass is 9.59. The van der Waals surface area contributed by atoms with Crippen LogP contribution in [0, 0.1) is 45.3 Å². The fourth-order valence-electron chi connectivity index (χ4n) is 9.21. The summed E-state index contributed by atoms with van der Waals surface area (Å²) in [6, 6.07) is 0. The highest BCUT2D eigenvalue weighted by Crippen LogP contribution is 2.50. The zero-order valence-corrected chi connectivity index (χ0v) is 52.8. The molecule has 0 saturated carbocycles. The Bertz CT molecular complexity index is 2580. The lowest BCUT2D eigenvalue weighted by Gasteiger charge is -2.42. The van der Waals surface area contributed by atoms with Gasteiger partial charge in [0.05, 0.1) is 72.4 Å². The Kier molecular flexibility index (Phi) is 47.8. The summed E-state index contributed by atoms with van der Waals surface area (Å²) in [5, 5.41) is 84.5. The highest BCUT2D eigenvalue weighted by atomic mass is 16.6. The summed E-state index contributed by atoms with van der Waals surface area (Å²) in [6.07, 6.45) is -4.83. The number of hydrogen-bond donors (Lipinski definition) is 9. The molecular formula is C62H96O32. The van der Waals surface area contributed by atoms with Crippen LogP contribution in [0.3, 0.4) is 0 Å². The first-order valence-electron chi connectivity index (χ1n) is 28.5. The Labute approximate surface area is 545 Å². The van der Waals surface area contributed by atoms with Crippen LogP contribution in [-0.2, 0) is 110 Å². The molecule has 0 aromatic heterocycles. The molecule has 0 aliphatic carbocycles. The molecule has 536 valence electrons. The second-order valence-electron chi connectivity index (χ2n) is 21.1. The van der Waals surface area contributed by atoms with Crippen LogP contribution in [0.1, 0.15) is 134 Å². The number of ether oxygens (including phenoxy) is 8. The SMILES string of the molecule is C.C.C=C(C)C(=O)OCCO.C=C(CC(=O)O)C(=O)O.C=CC(=O)OCCOC(=O)C=C.CCC1CC(CC(=O)O)(C(=O)O)CC(C)(C(=O)OCCO)C(C)C(=O)OCCOC(=O)C(CC)C(C)(C(=O)CCO)CC(CC(=O)O)(C(=O)O)CC(CC)C(=O)OCCOC1=O. The Morgan fingerprint density at radius 2 is 0.926 bits per heavy atom. The molecule has 1 heterocycles. The van der Waals surface area contributed by atoms with Gasteiger partial charge < -0.3 is 83.9 Å². The van der Waals surface area contributed by atoms with Gasteiger partial charge in [-0.2, -0.15) is 0 Å². The van der Waals surface area contributed by atoms with Crippen LogP contribution in [0.5, 0.6) is 0 Å². The number of carboxylic acid groups (broad SMARTS) is 6. The van der Waals surface area contributed by atoms with Crippen molar-refractivity contribution in [2.75, 3.05) is 72.7 Å². The Morgan fingerprint density at radius 3 is 1.23 bits per heavy atom. The third kappa shape index (κ3) is 33.6. The number of aliphatic hydroxyl groups excluding tert-OH is 3. The predicted molar refractivity (Wildman–Crippen MR) is 326 cm³/mol. The van der Waals surface area contributed by atoms with Crippen LogP contribution < -0.4 is 0 Å². The fourth-order valence-corrected chi connectivity index (χ4v) is 9.21. The summed E-state index contributed by atoms with van der Waals surface area (Å²) >= 11 is 0. The number of hydrogen-bond acceptors (Lipinski definition) is 26. The van der Waals surface area contributed by atoms with Gasteiger partial charge in [-0.3, -0.25) is 52.7 Å². The molecule has 0 bridgehead atoms. The molecule has 1 aliphatic heterocycles. The maximum absolute atomic E-state index is 13.8. The lowest BCUT2D eigenvalue weighted by Crippen LogP contribution is -2.49. The molecule has 32 heteroatoms. The largest absolute Gasteiger partial charge is 0.481 e. The predicted octanol–water partition coefficient (Wildman–Crippen LogP) is 3.96. The van der Waals surface area contributed by atoms with Crippen molar-refractivity contribution in [3.05, 3.63) is 49.6 Å². The van der Waals surface area contributed by atoms with Crippen molar-refractivity contribution in [1.29, 1.82) is 0 Å². The van der Waals surface area contributed by atoms with Gasteiger partial charge in [-0.15, -0.1) is 0 Å². The molecule has 32 nitrogen and oxygen atoms in total. The van der Waals surface area contributed by atoms with E-state index in [9.17, 15) is 103 Å². The second kappa shape index (κ2) is 47.9. The van der Waals surface area contributed by atoms with Crippen molar-refractivity contribution in [2.45, 2.75) is 134 Å². The zero-order chi connectivity index (χ0) is 71.8. The molecule has 0 spiro atoms. The smallest absolute Gasteiger partial charge is 0.333 e. The topological polar surface area (TPSA) is 512 Å². The van der Waals surface area contributed by atoms with E-state index in [0.29, 0.717) is 5.57 Å². The average Bonchev–Trinajstić information content (AvgIpc) is 0.781. The maximum Gasteiger partial charge on any atom is 0.333 e. The van der Waals surface area contributed by atoms with Gasteiger partial charge in [0.1, 0.15) is 58.6 Å². The molecule has 9 N–H and O–H groups in total. The number of esters is 8. The molecule has 0 aromatic rings. The van der Waals surface area contributed by atoms with Crippen LogP contribution >= 0.6 is 0 Å². The summed E-state index contributed by atoms with van der Waals surface area (Å²) in [5.74, 6) is -22.8. The average molecular weight is 1350 g/mol. The number of cyclic esters (lactones) is 4. The first-order valence-corrected chi connectivity index (χ1v) is 28.5. The summed E-state index contributed by atoms with van der Waals surface area (Å²) in [5.41, 5.74) is -9.02. The quantitative estimate of drug-likeness (QED) is 0.0256. The van der Waals surface area contributed by atoms with Crippen molar-refractivity contribution in [2.24, 2.45) is 45.3 Å².